The van der Waals surface area contributed by atoms with Crippen LogP contribution in [0.4, 0.5) is 13.2 Å². The van der Waals surface area contributed by atoms with E-state index in [1.54, 1.807) is 0 Å². The second-order valence-corrected chi connectivity index (χ2v) is 2.22. The molecule has 11 heavy (non-hydrogen) atoms. The third-order valence-corrected chi connectivity index (χ3v) is 1.31. The van der Waals surface area contributed by atoms with E-state index in [4.69, 9.17) is 0 Å². The first-order valence-corrected chi connectivity index (χ1v) is 3.06. The minimum atomic E-state index is -4.38. The van der Waals surface area contributed by atoms with Gasteiger partial charge in [0.05, 0.1) is 0 Å². The van der Waals surface area contributed by atoms with E-state index in [0.29, 0.717) is 6.54 Å². The minimum absolute atomic E-state index is 0.0509. The molecule has 1 heterocycles. The number of rotatable bonds is 0. The molecular weight excluding hydrogens is 159 g/mol. The monoisotopic (exact) mass is 165 g/mol. The van der Waals surface area contributed by atoms with Crippen molar-refractivity contribution < 1.29 is 18.0 Å². The van der Waals surface area contributed by atoms with Gasteiger partial charge in [-0.05, 0) is 6.42 Å². The molecule has 1 rings (SSSR count). The van der Waals surface area contributed by atoms with Gasteiger partial charge in [-0.2, -0.15) is 13.2 Å². The van der Waals surface area contributed by atoms with Crippen LogP contribution in [0.5, 0.6) is 0 Å². The van der Waals surface area contributed by atoms with Gasteiger partial charge in [-0.15, -0.1) is 0 Å². The van der Waals surface area contributed by atoms with Crippen molar-refractivity contribution >= 4 is 5.91 Å². The summed E-state index contributed by atoms with van der Waals surface area (Å²) in [5.74, 6) is -0.609. The van der Waals surface area contributed by atoms with E-state index in [1.807, 2.05) is 0 Å². The Hall–Kier alpha value is -1.00. The van der Waals surface area contributed by atoms with Crippen LogP contribution in [0, 0.1) is 0 Å². The Morgan fingerprint density at radius 3 is 2.45 bits per heavy atom. The summed E-state index contributed by atoms with van der Waals surface area (Å²) < 4.78 is 34.9. The van der Waals surface area contributed by atoms with Gasteiger partial charge >= 0.3 is 6.18 Å². The third kappa shape index (κ3) is 2.25. The Morgan fingerprint density at radius 1 is 1.45 bits per heavy atom. The Kier molecular flexibility index (Phi) is 1.89. The number of alkyl halides is 3. The molecule has 1 N–H and O–H groups in total. The van der Waals surface area contributed by atoms with Gasteiger partial charge in [0.25, 0.3) is 0 Å². The molecule has 5 heteroatoms. The molecule has 0 bridgehead atoms. The molecule has 0 aromatic rings. The van der Waals surface area contributed by atoms with E-state index >= 15 is 0 Å². The van der Waals surface area contributed by atoms with Gasteiger partial charge in [0, 0.05) is 18.2 Å². The first-order valence-electron chi connectivity index (χ1n) is 3.06. The van der Waals surface area contributed by atoms with E-state index in [1.165, 1.54) is 0 Å². The predicted molar refractivity (Wildman–Crippen MR) is 31.8 cm³/mol. The summed E-state index contributed by atoms with van der Waals surface area (Å²) in [7, 11) is 0. The average molecular weight is 165 g/mol. The maximum Gasteiger partial charge on any atom is 0.410 e. The first kappa shape index (κ1) is 8.10. The molecule has 1 aliphatic rings. The maximum atomic E-state index is 11.6. The quantitative estimate of drug-likeness (QED) is 0.533. The van der Waals surface area contributed by atoms with Gasteiger partial charge in [-0.25, -0.2) is 0 Å². The average Bonchev–Trinajstić information content (AvgIpc) is 2.12. The molecule has 0 unspecified atom stereocenters. The van der Waals surface area contributed by atoms with Gasteiger partial charge in [0.2, 0.25) is 5.91 Å². The van der Waals surface area contributed by atoms with Crippen LogP contribution in [0.2, 0.25) is 0 Å². The molecule has 1 amide bonds. The molecule has 0 radical (unpaired) electrons. The summed E-state index contributed by atoms with van der Waals surface area (Å²) >= 11 is 0. The van der Waals surface area contributed by atoms with E-state index < -0.39 is 12.1 Å². The Morgan fingerprint density at radius 2 is 2.09 bits per heavy atom. The van der Waals surface area contributed by atoms with Crippen LogP contribution in [-0.4, -0.2) is 18.6 Å². The van der Waals surface area contributed by atoms with Crippen LogP contribution in [0.15, 0.2) is 11.6 Å². The van der Waals surface area contributed by atoms with Crippen LogP contribution in [0.3, 0.4) is 0 Å². The summed E-state index contributed by atoms with van der Waals surface area (Å²) in [6, 6.07) is 0. The molecule has 62 valence electrons. The molecule has 2 nitrogen and oxygen atoms in total. The predicted octanol–water partition coefficient (Wildman–Crippen LogP) is 0.995. The maximum absolute atomic E-state index is 11.6. The number of allylic oxidation sites excluding steroid dienone is 1. The molecule has 1 saturated heterocycles. The molecule has 0 saturated carbocycles. The lowest BCUT2D eigenvalue weighted by molar-refractivity contribution is -0.117. The van der Waals surface area contributed by atoms with Crippen LogP contribution in [0.25, 0.3) is 0 Å². The summed E-state index contributed by atoms with van der Waals surface area (Å²) in [6.07, 6.45) is -4.16. The van der Waals surface area contributed by atoms with Gasteiger partial charge in [-0.1, -0.05) is 0 Å². The van der Waals surface area contributed by atoms with Crippen molar-refractivity contribution in [3.63, 3.8) is 0 Å². The number of hydrogen-bond acceptors (Lipinski definition) is 1. The molecule has 0 atom stereocenters. The lowest BCUT2D eigenvalue weighted by Gasteiger charge is -1.98. The number of nitrogens with one attached hydrogen (secondary N) is 1. The van der Waals surface area contributed by atoms with Crippen molar-refractivity contribution in [3.8, 4) is 0 Å². The Labute approximate surface area is 61.1 Å². The SMILES string of the molecule is O=C1NCC/C1=C/C(F)(F)F. The van der Waals surface area contributed by atoms with Crippen molar-refractivity contribution in [2.24, 2.45) is 0 Å². The fraction of sp³-hybridized carbons (Fsp3) is 0.500. The Balaban J connectivity index is 2.73. The van der Waals surface area contributed by atoms with Crippen LogP contribution in [0.1, 0.15) is 6.42 Å². The van der Waals surface area contributed by atoms with Gasteiger partial charge in [0.15, 0.2) is 0 Å². The fourth-order valence-corrected chi connectivity index (χ4v) is 0.873. The van der Waals surface area contributed by atoms with Gasteiger partial charge < -0.3 is 5.32 Å². The summed E-state index contributed by atoms with van der Waals surface area (Å²) in [6.45, 7) is 0.306. The summed E-state index contributed by atoms with van der Waals surface area (Å²) in [4.78, 5) is 10.6. The summed E-state index contributed by atoms with van der Waals surface area (Å²) in [5, 5.41) is 2.28. The molecule has 0 aromatic carbocycles. The molecule has 0 spiro atoms. The van der Waals surface area contributed by atoms with Crippen molar-refractivity contribution in [2.75, 3.05) is 6.54 Å². The second-order valence-electron chi connectivity index (χ2n) is 2.22. The van der Waals surface area contributed by atoms with Crippen LogP contribution in [-0.2, 0) is 4.79 Å². The van der Waals surface area contributed by atoms with Gasteiger partial charge in [0.1, 0.15) is 0 Å². The number of carbonyl (C=O) groups is 1. The topological polar surface area (TPSA) is 29.1 Å². The zero-order valence-electron chi connectivity index (χ0n) is 5.53. The highest BCUT2D eigenvalue weighted by Gasteiger charge is 2.28. The lowest BCUT2D eigenvalue weighted by Crippen LogP contribution is -2.15. The lowest BCUT2D eigenvalue weighted by atomic mass is 10.2. The number of hydrogen-bond donors (Lipinski definition) is 1. The number of halogens is 3. The molecule has 0 aromatic heterocycles. The third-order valence-electron chi connectivity index (χ3n) is 1.31. The zero-order valence-corrected chi connectivity index (χ0v) is 5.53. The van der Waals surface area contributed by atoms with Crippen LogP contribution >= 0.6 is 0 Å². The standard InChI is InChI=1S/C6H6F3NO/c7-6(8,9)3-4-1-2-10-5(4)11/h3H,1-2H2,(H,10,11)/b4-3-. The minimum Gasteiger partial charge on any atom is -0.352 e. The van der Waals surface area contributed by atoms with E-state index in [0.717, 1.165) is 0 Å². The Bertz CT molecular complexity index is 206. The van der Waals surface area contributed by atoms with E-state index in [2.05, 4.69) is 5.32 Å². The fourth-order valence-electron chi connectivity index (χ4n) is 0.873. The number of amides is 1. The molecular formula is C6H6F3NO. The highest BCUT2D eigenvalue weighted by atomic mass is 19.4. The molecule has 1 aliphatic heterocycles. The van der Waals surface area contributed by atoms with Crippen molar-refractivity contribution in [2.45, 2.75) is 12.6 Å². The molecule has 1 fully saturated rings. The van der Waals surface area contributed by atoms with Crippen molar-refractivity contribution in [1.29, 1.82) is 0 Å². The largest absolute Gasteiger partial charge is 0.410 e. The number of carbonyl (C=O) groups excluding carboxylic acids is 1. The molecule has 0 aliphatic carbocycles. The zero-order chi connectivity index (χ0) is 8.48. The smallest absolute Gasteiger partial charge is 0.352 e. The van der Waals surface area contributed by atoms with Gasteiger partial charge in [-0.3, -0.25) is 4.79 Å². The first-order chi connectivity index (χ1) is 4.99. The second kappa shape index (κ2) is 2.56. The summed E-state index contributed by atoms with van der Waals surface area (Å²) in [5.41, 5.74) is -0.183. The van der Waals surface area contributed by atoms with Crippen LogP contribution < -0.4 is 5.32 Å². The normalized spacial score (nSPS) is 22.5. The highest BCUT2D eigenvalue weighted by molar-refractivity contribution is 5.95. The van der Waals surface area contributed by atoms with E-state index in [9.17, 15) is 18.0 Å². The highest BCUT2D eigenvalue weighted by Crippen LogP contribution is 2.21. The van der Waals surface area contributed by atoms with Crippen molar-refractivity contribution in [3.05, 3.63) is 11.6 Å². The van der Waals surface area contributed by atoms with Crippen molar-refractivity contribution in [1.82, 2.24) is 5.32 Å². The van der Waals surface area contributed by atoms with E-state index in [-0.39, 0.29) is 18.1 Å².